The summed E-state index contributed by atoms with van der Waals surface area (Å²) in [5.41, 5.74) is 0. The van der Waals surface area contributed by atoms with E-state index in [4.69, 9.17) is 49.0 Å². The van der Waals surface area contributed by atoms with Gasteiger partial charge in [0.2, 0.25) is 3.79 Å². The number of esters is 3. The molecule has 0 saturated heterocycles. The third-order valence-corrected chi connectivity index (χ3v) is 2.27. The Morgan fingerprint density at radius 3 is 1.55 bits per heavy atom. The fourth-order valence-corrected chi connectivity index (χ4v) is 1.37. The van der Waals surface area contributed by atoms with Gasteiger partial charge < -0.3 is 14.2 Å². The number of carbonyl (C=O) groups is 3. The lowest BCUT2D eigenvalue weighted by Gasteiger charge is -2.21. The molecule has 0 amide bonds. The molecule has 0 saturated carbocycles. The first-order chi connectivity index (χ1) is 9.02. The maximum atomic E-state index is 10.9. The van der Waals surface area contributed by atoms with Crippen LogP contribution in [0.2, 0.25) is 0 Å². The first-order valence-corrected chi connectivity index (χ1v) is 6.42. The lowest BCUT2D eigenvalue weighted by Crippen LogP contribution is -2.29. The largest absolute Gasteiger partial charge is 0.454 e. The summed E-state index contributed by atoms with van der Waals surface area (Å²) in [6, 6.07) is 0. The summed E-state index contributed by atoms with van der Waals surface area (Å²) >= 11 is 16.9. The molecule has 0 heterocycles. The van der Waals surface area contributed by atoms with Gasteiger partial charge in [0.25, 0.3) is 6.29 Å². The van der Waals surface area contributed by atoms with Crippen molar-refractivity contribution >= 4 is 52.7 Å². The smallest absolute Gasteiger partial charge is 0.305 e. The normalized spacial score (nSPS) is 13.2. The van der Waals surface area contributed by atoms with E-state index in [1.165, 1.54) is 0 Å². The van der Waals surface area contributed by atoms with E-state index in [1.807, 2.05) is 0 Å². The van der Waals surface area contributed by atoms with Gasteiger partial charge in [0.15, 0.2) is 6.10 Å². The zero-order valence-electron chi connectivity index (χ0n) is 10.9. The molecule has 0 bridgehead atoms. The summed E-state index contributed by atoms with van der Waals surface area (Å²) < 4.78 is 12.2. The maximum absolute atomic E-state index is 10.9. The predicted octanol–water partition coefficient (Wildman–Crippen LogP) is 2.30. The summed E-state index contributed by atoms with van der Waals surface area (Å²) in [6.07, 6.45) is -0.280. The van der Waals surface area contributed by atoms with Crippen LogP contribution in [0.15, 0.2) is 12.2 Å². The SMILES string of the molecule is CC(=O)OC(/C=C/C(OC(C)=O)C(Cl)(Cl)Cl)OC(C)=O. The van der Waals surface area contributed by atoms with Gasteiger partial charge in [0, 0.05) is 20.8 Å². The molecule has 0 aliphatic heterocycles. The van der Waals surface area contributed by atoms with Gasteiger partial charge in [-0.3, -0.25) is 14.4 Å². The summed E-state index contributed by atoms with van der Waals surface area (Å²) in [7, 11) is 0. The molecule has 6 nitrogen and oxygen atoms in total. The van der Waals surface area contributed by atoms with Gasteiger partial charge in [-0.15, -0.1) is 0 Å². The minimum absolute atomic E-state index is 0.678. The fraction of sp³-hybridized carbons (Fsp3) is 0.545. The topological polar surface area (TPSA) is 78.9 Å². The Bertz CT molecular complexity index is 385. The minimum Gasteiger partial charge on any atom is -0.454 e. The van der Waals surface area contributed by atoms with Crippen LogP contribution in [0.1, 0.15) is 20.8 Å². The van der Waals surface area contributed by atoms with Crippen molar-refractivity contribution in [2.45, 2.75) is 37.0 Å². The average Bonchev–Trinajstić information content (AvgIpc) is 2.19. The molecule has 1 atom stereocenters. The van der Waals surface area contributed by atoms with Gasteiger partial charge in [0.05, 0.1) is 0 Å². The number of ether oxygens (including phenoxy) is 3. The zero-order chi connectivity index (χ0) is 15.9. The quantitative estimate of drug-likeness (QED) is 0.329. The maximum Gasteiger partial charge on any atom is 0.305 e. The monoisotopic (exact) mass is 346 g/mol. The molecule has 0 rings (SSSR count). The number of halogens is 3. The van der Waals surface area contributed by atoms with E-state index in [9.17, 15) is 14.4 Å². The highest BCUT2D eigenvalue weighted by Crippen LogP contribution is 2.33. The molecule has 1 unspecified atom stereocenters. The van der Waals surface area contributed by atoms with Crippen molar-refractivity contribution in [2.24, 2.45) is 0 Å². The van der Waals surface area contributed by atoms with Gasteiger partial charge in [-0.05, 0) is 12.2 Å². The van der Waals surface area contributed by atoms with E-state index in [-0.39, 0.29) is 0 Å². The summed E-state index contributed by atoms with van der Waals surface area (Å²) in [5, 5.41) is 0. The van der Waals surface area contributed by atoms with Crippen molar-refractivity contribution in [3.63, 3.8) is 0 Å². The van der Waals surface area contributed by atoms with Crippen molar-refractivity contribution < 1.29 is 28.6 Å². The standard InChI is InChI=1S/C11H13Cl3O6/c1-6(15)18-9(11(12,13)14)4-5-10(19-7(2)16)20-8(3)17/h4-5,9-10H,1-3H3/b5-4+. The number of carbonyl (C=O) groups excluding carboxylic acids is 3. The van der Waals surface area contributed by atoms with Crippen molar-refractivity contribution in [3.8, 4) is 0 Å². The molecule has 0 aliphatic carbocycles. The fourth-order valence-electron chi connectivity index (χ4n) is 1.02. The van der Waals surface area contributed by atoms with Gasteiger partial charge >= 0.3 is 17.9 Å². The molecular weight excluding hydrogens is 334 g/mol. The highest BCUT2D eigenvalue weighted by molar-refractivity contribution is 6.68. The summed E-state index contributed by atoms with van der Waals surface area (Å²) in [4.78, 5) is 32.6. The Balaban J connectivity index is 4.96. The second kappa shape index (κ2) is 8.34. The second-order valence-electron chi connectivity index (χ2n) is 3.54. The highest BCUT2D eigenvalue weighted by Gasteiger charge is 2.33. The van der Waals surface area contributed by atoms with Crippen LogP contribution in [0, 0.1) is 0 Å². The van der Waals surface area contributed by atoms with Gasteiger partial charge in [-0.2, -0.15) is 0 Å². The number of alkyl halides is 3. The summed E-state index contributed by atoms with van der Waals surface area (Å²) in [6.45, 7) is 3.39. The predicted molar refractivity (Wildman–Crippen MR) is 72.3 cm³/mol. The Kier molecular flexibility index (Phi) is 7.93. The van der Waals surface area contributed by atoms with Crippen LogP contribution in [0.25, 0.3) is 0 Å². The van der Waals surface area contributed by atoms with E-state index in [1.54, 1.807) is 0 Å². The average molecular weight is 348 g/mol. The van der Waals surface area contributed by atoms with E-state index in [2.05, 4.69) is 0 Å². The number of hydrogen-bond acceptors (Lipinski definition) is 6. The lowest BCUT2D eigenvalue weighted by molar-refractivity contribution is -0.176. The van der Waals surface area contributed by atoms with E-state index >= 15 is 0 Å². The molecule has 0 fully saturated rings. The highest BCUT2D eigenvalue weighted by atomic mass is 35.6. The first-order valence-electron chi connectivity index (χ1n) is 5.29. The van der Waals surface area contributed by atoms with Crippen LogP contribution in [0.4, 0.5) is 0 Å². The molecule has 0 aromatic rings. The molecule has 20 heavy (non-hydrogen) atoms. The van der Waals surface area contributed by atoms with Crippen LogP contribution in [0.5, 0.6) is 0 Å². The van der Waals surface area contributed by atoms with Crippen LogP contribution >= 0.6 is 34.8 Å². The molecule has 0 radical (unpaired) electrons. The van der Waals surface area contributed by atoms with Crippen LogP contribution in [-0.2, 0) is 28.6 Å². The molecule has 0 aromatic heterocycles. The third-order valence-electron chi connectivity index (χ3n) is 1.62. The molecule has 0 spiro atoms. The second-order valence-corrected chi connectivity index (χ2v) is 5.91. The molecule has 0 aromatic carbocycles. The van der Waals surface area contributed by atoms with E-state index in [0.29, 0.717) is 0 Å². The van der Waals surface area contributed by atoms with Crippen LogP contribution in [-0.4, -0.2) is 34.1 Å². The lowest BCUT2D eigenvalue weighted by atomic mass is 10.3. The van der Waals surface area contributed by atoms with Crippen LogP contribution in [0.3, 0.4) is 0 Å². The molecule has 114 valence electrons. The van der Waals surface area contributed by atoms with Crippen LogP contribution < -0.4 is 0 Å². The first kappa shape index (κ1) is 19.0. The number of hydrogen-bond donors (Lipinski definition) is 0. The van der Waals surface area contributed by atoms with Gasteiger partial charge in [-0.25, -0.2) is 0 Å². The van der Waals surface area contributed by atoms with Crippen molar-refractivity contribution in [2.75, 3.05) is 0 Å². The Labute approximate surface area is 130 Å². The van der Waals surface area contributed by atoms with Gasteiger partial charge in [0.1, 0.15) is 0 Å². The van der Waals surface area contributed by atoms with E-state index in [0.717, 1.165) is 32.9 Å². The molecule has 0 aliphatic rings. The van der Waals surface area contributed by atoms with Crippen molar-refractivity contribution in [1.82, 2.24) is 0 Å². The van der Waals surface area contributed by atoms with Crippen molar-refractivity contribution in [1.29, 1.82) is 0 Å². The third kappa shape index (κ3) is 9.01. The molecule has 0 N–H and O–H groups in total. The minimum atomic E-state index is -1.93. The zero-order valence-corrected chi connectivity index (χ0v) is 13.2. The van der Waals surface area contributed by atoms with Gasteiger partial charge in [-0.1, -0.05) is 34.8 Å². The van der Waals surface area contributed by atoms with E-state index < -0.39 is 34.1 Å². The Morgan fingerprint density at radius 2 is 1.25 bits per heavy atom. The summed E-state index contributed by atoms with van der Waals surface area (Å²) in [5.74, 6) is -2.04. The number of rotatable bonds is 5. The molecule has 9 heteroatoms. The molecular formula is C11H13Cl3O6. The Morgan fingerprint density at radius 1 is 0.850 bits per heavy atom. The Hall–Kier alpha value is -0.980. The van der Waals surface area contributed by atoms with Crippen molar-refractivity contribution in [3.05, 3.63) is 12.2 Å².